The lowest BCUT2D eigenvalue weighted by atomic mass is 9.82. The molecule has 0 aliphatic heterocycles. The Bertz CT molecular complexity index is 5160. The number of fused-ring (bicyclic) bond motifs is 18. The number of aromatic nitrogens is 6. The van der Waals surface area contributed by atoms with Gasteiger partial charge in [0.05, 0.1) is 43.9 Å². The van der Waals surface area contributed by atoms with Gasteiger partial charge in [0.1, 0.15) is 11.2 Å². The summed E-state index contributed by atoms with van der Waals surface area (Å²) in [6.07, 6.45) is 0. The lowest BCUT2D eigenvalue weighted by Gasteiger charge is -2.21. The molecule has 79 heavy (non-hydrogen) atoms. The molecular weight excluding hydrogens is 965 g/mol. The van der Waals surface area contributed by atoms with Gasteiger partial charge in [-0.05, 0) is 95.1 Å². The van der Waals surface area contributed by atoms with Gasteiger partial charge in [0.25, 0.3) is 0 Å². The Labute approximate surface area is 453 Å². The zero-order chi connectivity index (χ0) is 52.1. The van der Waals surface area contributed by atoms with Crippen molar-refractivity contribution in [1.82, 2.24) is 28.7 Å². The van der Waals surface area contributed by atoms with Crippen molar-refractivity contribution >= 4 is 87.4 Å². The lowest BCUT2D eigenvalue weighted by molar-refractivity contribution is 0.661. The van der Waals surface area contributed by atoms with Gasteiger partial charge in [-0.25, -0.2) is 15.0 Å². The lowest BCUT2D eigenvalue weighted by Crippen LogP contribution is -2.14. The van der Waals surface area contributed by atoms with Crippen LogP contribution >= 0.6 is 0 Å². The van der Waals surface area contributed by atoms with Crippen LogP contribution in [0.25, 0.3) is 150 Å². The second-order valence-electron chi connectivity index (χ2n) is 21.5. The molecule has 16 aromatic rings. The van der Waals surface area contributed by atoms with Crippen LogP contribution in [0.15, 0.2) is 247 Å². The van der Waals surface area contributed by atoms with E-state index in [0.29, 0.717) is 17.5 Å². The van der Waals surface area contributed by atoms with Gasteiger partial charge in [-0.2, -0.15) is 0 Å². The topological polar surface area (TPSA) is 66.6 Å². The molecule has 5 aromatic heterocycles. The zero-order valence-electron chi connectivity index (χ0n) is 43.2. The van der Waals surface area contributed by atoms with E-state index < -0.39 is 0 Å². The quantitative estimate of drug-likeness (QED) is 0.166. The fraction of sp³-hybridized carbons (Fsp3) is 0.0417. The molecule has 7 nitrogen and oxygen atoms in total. The summed E-state index contributed by atoms with van der Waals surface area (Å²) in [6.45, 7) is 4.73. The largest absolute Gasteiger partial charge is 0.455 e. The summed E-state index contributed by atoms with van der Waals surface area (Å²) in [5, 5.41) is 9.03. The van der Waals surface area contributed by atoms with E-state index in [1.165, 1.54) is 38.5 Å². The van der Waals surface area contributed by atoms with Gasteiger partial charge < -0.3 is 18.1 Å². The van der Waals surface area contributed by atoms with Gasteiger partial charge in [-0.3, -0.25) is 0 Å². The summed E-state index contributed by atoms with van der Waals surface area (Å²) >= 11 is 0. The second-order valence-corrected chi connectivity index (χ2v) is 21.5. The summed E-state index contributed by atoms with van der Waals surface area (Å²) in [5.74, 6) is 1.82. The Balaban J connectivity index is 1.01. The summed E-state index contributed by atoms with van der Waals surface area (Å²) in [6, 6.07) is 86.9. The third-order valence-electron chi connectivity index (χ3n) is 16.8. The minimum atomic E-state index is -0.169. The van der Waals surface area contributed by atoms with Crippen LogP contribution in [0.5, 0.6) is 0 Å². The van der Waals surface area contributed by atoms with Gasteiger partial charge in [-0.1, -0.05) is 184 Å². The molecule has 0 spiro atoms. The molecule has 370 valence electrons. The summed E-state index contributed by atoms with van der Waals surface area (Å²) in [4.78, 5) is 15.5. The fourth-order valence-electron chi connectivity index (χ4n) is 13.3. The SMILES string of the molecule is CC1(C)c2ccccc2-c2cc3c4ccccc4n(-c4ccc5c(c4)c4c6oc7ccccc7c6c6c(c7ccccc7n6-c6ccccc6)c4n5-c4cccc(-c5nc(-c6ccccc6)nc(-c6ccccc6)n5)c4)c3cc21. The Morgan fingerprint density at radius 1 is 0.329 bits per heavy atom. The van der Waals surface area contributed by atoms with Crippen molar-refractivity contribution in [3.8, 4) is 62.4 Å². The highest BCUT2D eigenvalue weighted by Crippen LogP contribution is 2.53. The maximum absolute atomic E-state index is 7.34. The molecule has 0 atom stereocenters. The number of nitrogens with zero attached hydrogens (tertiary/aromatic N) is 6. The number of para-hydroxylation sites is 4. The molecule has 17 rings (SSSR count). The summed E-state index contributed by atoms with van der Waals surface area (Å²) in [7, 11) is 0. The molecule has 0 unspecified atom stereocenters. The number of hydrogen-bond donors (Lipinski definition) is 0. The van der Waals surface area contributed by atoms with E-state index in [1.54, 1.807) is 0 Å². The first-order valence-electron chi connectivity index (χ1n) is 27.0. The van der Waals surface area contributed by atoms with Crippen LogP contribution in [0, 0.1) is 0 Å². The van der Waals surface area contributed by atoms with E-state index in [-0.39, 0.29) is 5.41 Å². The Morgan fingerprint density at radius 3 is 1.59 bits per heavy atom. The third kappa shape index (κ3) is 6.21. The Morgan fingerprint density at radius 2 is 0.861 bits per heavy atom. The number of furan rings is 1. The molecule has 5 heterocycles. The highest BCUT2D eigenvalue weighted by atomic mass is 16.3. The Kier molecular flexibility index (Phi) is 9.05. The molecule has 0 amide bonds. The summed E-state index contributed by atoms with van der Waals surface area (Å²) < 4.78 is 14.7. The summed E-state index contributed by atoms with van der Waals surface area (Å²) in [5.41, 5.74) is 19.3. The highest BCUT2D eigenvalue weighted by molar-refractivity contribution is 6.39. The van der Waals surface area contributed by atoms with Crippen molar-refractivity contribution in [2.24, 2.45) is 0 Å². The van der Waals surface area contributed by atoms with E-state index >= 15 is 0 Å². The molecule has 0 saturated heterocycles. The monoisotopic (exact) mass is 1010 g/mol. The second kappa shape index (κ2) is 16.3. The minimum Gasteiger partial charge on any atom is -0.455 e. The molecule has 7 heteroatoms. The molecular formula is C72H46N6O. The molecule has 0 saturated carbocycles. The van der Waals surface area contributed by atoms with Crippen LogP contribution in [0.4, 0.5) is 0 Å². The number of hydrogen-bond acceptors (Lipinski definition) is 4. The van der Waals surface area contributed by atoms with Crippen LogP contribution in [0.1, 0.15) is 25.0 Å². The van der Waals surface area contributed by atoms with Crippen LogP contribution in [0.2, 0.25) is 0 Å². The van der Waals surface area contributed by atoms with Gasteiger partial charge in [0, 0.05) is 71.5 Å². The van der Waals surface area contributed by atoms with E-state index in [0.717, 1.165) is 105 Å². The first-order valence-corrected chi connectivity index (χ1v) is 27.0. The fourth-order valence-corrected chi connectivity index (χ4v) is 13.3. The predicted molar refractivity (Wildman–Crippen MR) is 324 cm³/mol. The molecule has 0 N–H and O–H groups in total. The normalized spacial score (nSPS) is 13.0. The minimum absolute atomic E-state index is 0.169. The van der Waals surface area contributed by atoms with E-state index in [1.807, 2.05) is 36.4 Å². The first kappa shape index (κ1) is 43.8. The van der Waals surface area contributed by atoms with Gasteiger partial charge in [0.2, 0.25) is 0 Å². The predicted octanol–water partition coefficient (Wildman–Crippen LogP) is 18.4. The molecule has 0 radical (unpaired) electrons. The molecule has 1 aliphatic rings. The highest BCUT2D eigenvalue weighted by Gasteiger charge is 2.36. The molecule has 0 fully saturated rings. The van der Waals surface area contributed by atoms with Crippen molar-refractivity contribution < 1.29 is 4.42 Å². The van der Waals surface area contributed by atoms with Crippen molar-refractivity contribution in [1.29, 1.82) is 0 Å². The molecule has 0 bridgehead atoms. The number of rotatable bonds is 6. The van der Waals surface area contributed by atoms with Crippen LogP contribution in [-0.2, 0) is 5.41 Å². The van der Waals surface area contributed by atoms with Crippen molar-refractivity contribution in [3.63, 3.8) is 0 Å². The van der Waals surface area contributed by atoms with Gasteiger partial charge in [0.15, 0.2) is 17.5 Å². The third-order valence-corrected chi connectivity index (χ3v) is 16.8. The maximum atomic E-state index is 7.34. The van der Waals surface area contributed by atoms with E-state index in [4.69, 9.17) is 19.4 Å². The van der Waals surface area contributed by atoms with Crippen molar-refractivity contribution in [2.75, 3.05) is 0 Å². The average molecular weight is 1010 g/mol. The van der Waals surface area contributed by atoms with E-state index in [9.17, 15) is 0 Å². The van der Waals surface area contributed by atoms with Crippen LogP contribution in [-0.4, -0.2) is 28.7 Å². The van der Waals surface area contributed by atoms with E-state index in [2.05, 4.69) is 234 Å². The maximum Gasteiger partial charge on any atom is 0.164 e. The van der Waals surface area contributed by atoms with Gasteiger partial charge in [-0.15, -0.1) is 0 Å². The average Bonchev–Trinajstić information content (AvgIpc) is 2.86. The van der Waals surface area contributed by atoms with Crippen molar-refractivity contribution in [3.05, 3.63) is 254 Å². The van der Waals surface area contributed by atoms with Crippen molar-refractivity contribution in [2.45, 2.75) is 19.3 Å². The molecule has 11 aromatic carbocycles. The Hall–Kier alpha value is -10.4. The first-order chi connectivity index (χ1) is 39.0. The zero-order valence-corrected chi connectivity index (χ0v) is 43.2. The van der Waals surface area contributed by atoms with Gasteiger partial charge >= 0.3 is 0 Å². The number of benzene rings is 11. The smallest absolute Gasteiger partial charge is 0.164 e. The standard InChI is InChI=1S/C72H46N6O/c1-72(2)56-33-16-12-29-49(56)53-41-54-50-30-13-17-34-58(50)76(61(54)42-57(53)72)48-37-38-60-55(40-48)65-67(63-51-31-14-18-35-59(51)77(46-26-10-5-11-27-46)66(63)64-52-32-15-19-36-62(52)79-68(64)65)78(60)47-28-20-25-45(39-47)71-74-69(43-21-6-3-7-22-43)73-70(75-71)44-23-8-4-9-24-44/h3-42H,1-2H3. The molecule has 1 aliphatic carbocycles. The van der Waals surface area contributed by atoms with Crippen LogP contribution in [0.3, 0.4) is 0 Å². The van der Waals surface area contributed by atoms with Crippen LogP contribution < -0.4 is 0 Å².